The molecule has 0 amide bonds. The highest BCUT2D eigenvalue weighted by Gasteiger charge is 2.22. The van der Waals surface area contributed by atoms with Crippen LogP contribution in [0.25, 0.3) is 55.2 Å². The largest absolute Gasteiger partial charge is 0.335 e. The van der Waals surface area contributed by atoms with E-state index < -0.39 is 5.82 Å². The number of rotatable bonds is 7. The van der Waals surface area contributed by atoms with Gasteiger partial charge in [-0.2, -0.15) is 5.10 Å². The molecule has 3 N–H and O–H groups in total. The molecule has 0 radical (unpaired) electrons. The molecule has 1 aliphatic carbocycles. The molecule has 8 nitrogen and oxygen atoms in total. The van der Waals surface area contributed by atoms with Crippen molar-refractivity contribution in [2.75, 3.05) is 6.54 Å². The van der Waals surface area contributed by atoms with Gasteiger partial charge in [-0.3, -0.25) is 20.1 Å². The predicted octanol–water partition coefficient (Wildman–Crippen LogP) is 6.41. The average molecular weight is 539 g/mol. The third-order valence-electron chi connectivity index (χ3n) is 7.47. The van der Waals surface area contributed by atoms with Crippen LogP contribution in [-0.2, 0) is 6.54 Å². The van der Waals surface area contributed by atoms with Gasteiger partial charge >= 0.3 is 0 Å². The van der Waals surface area contributed by atoms with Crippen molar-refractivity contribution in [1.82, 2.24) is 40.4 Å². The summed E-state index contributed by atoms with van der Waals surface area (Å²) in [6.07, 6.45) is 13.9. The Hall–Kier alpha value is -4.02. The molecule has 1 aliphatic rings. The number of hydrogen-bond acceptors (Lipinski definition) is 7. The molecule has 0 saturated heterocycles. The fraction of sp³-hybridized carbons (Fsp3) is 0.276. The Balaban J connectivity index is 1.23. The standard InChI is InChI=1S/C29H27FN8S/c1-16-6-7-23(39-16)20-13-33-14-22-27(20)36-29(35-22)28-24-21(37-38-28)15-34-26(25(24)30)19-8-18(11-32-12-19)10-31-9-17-4-2-3-5-17/h6-8,11-15,17,31H,2-5,9-10H2,1H3,(H,35,36)(H,37,38). The van der Waals surface area contributed by atoms with Gasteiger partial charge in [-0.1, -0.05) is 12.8 Å². The van der Waals surface area contributed by atoms with Crippen LogP contribution in [0.2, 0.25) is 0 Å². The number of aryl methyl sites for hydroxylation is 1. The molecule has 1 saturated carbocycles. The lowest BCUT2D eigenvalue weighted by Gasteiger charge is -2.11. The molecule has 10 heteroatoms. The molecular formula is C29H27FN8S. The molecule has 6 heterocycles. The van der Waals surface area contributed by atoms with E-state index in [9.17, 15) is 0 Å². The topological polar surface area (TPSA) is 108 Å². The van der Waals surface area contributed by atoms with Crippen molar-refractivity contribution in [3.63, 3.8) is 0 Å². The summed E-state index contributed by atoms with van der Waals surface area (Å²) in [5.41, 5.74) is 5.24. The van der Waals surface area contributed by atoms with Crippen LogP contribution in [0.1, 0.15) is 36.1 Å². The van der Waals surface area contributed by atoms with Gasteiger partial charge in [0.05, 0.1) is 28.8 Å². The molecule has 0 spiro atoms. The lowest BCUT2D eigenvalue weighted by atomic mass is 10.1. The fourth-order valence-electron chi connectivity index (χ4n) is 5.50. The number of aromatic nitrogens is 7. The Morgan fingerprint density at radius 1 is 1.03 bits per heavy atom. The highest BCUT2D eigenvalue weighted by molar-refractivity contribution is 7.15. The smallest absolute Gasteiger partial charge is 0.161 e. The third kappa shape index (κ3) is 4.49. The zero-order chi connectivity index (χ0) is 26.3. The van der Waals surface area contributed by atoms with E-state index in [0.29, 0.717) is 34.5 Å². The number of hydrogen-bond donors (Lipinski definition) is 3. The zero-order valence-electron chi connectivity index (χ0n) is 21.5. The van der Waals surface area contributed by atoms with E-state index in [4.69, 9.17) is 4.98 Å². The summed E-state index contributed by atoms with van der Waals surface area (Å²) in [6.45, 7) is 3.76. The van der Waals surface area contributed by atoms with Gasteiger partial charge in [0.15, 0.2) is 11.6 Å². The lowest BCUT2D eigenvalue weighted by molar-refractivity contribution is 0.489. The Labute approximate surface area is 228 Å². The first kappa shape index (κ1) is 24.1. The van der Waals surface area contributed by atoms with Crippen LogP contribution in [-0.4, -0.2) is 41.7 Å². The van der Waals surface area contributed by atoms with Crippen molar-refractivity contribution in [2.45, 2.75) is 39.2 Å². The van der Waals surface area contributed by atoms with Gasteiger partial charge in [0.2, 0.25) is 0 Å². The molecule has 0 atom stereocenters. The van der Waals surface area contributed by atoms with Crippen LogP contribution in [0.4, 0.5) is 4.39 Å². The second-order valence-corrected chi connectivity index (χ2v) is 11.5. The van der Waals surface area contributed by atoms with Crippen LogP contribution < -0.4 is 5.32 Å². The number of nitrogens with one attached hydrogen (secondary N) is 3. The Morgan fingerprint density at radius 3 is 2.74 bits per heavy atom. The number of aromatic amines is 2. The fourth-order valence-corrected chi connectivity index (χ4v) is 6.38. The molecule has 196 valence electrons. The van der Waals surface area contributed by atoms with Gasteiger partial charge in [-0.25, -0.2) is 9.37 Å². The molecule has 6 aromatic rings. The summed E-state index contributed by atoms with van der Waals surface area (Å²) in [5, 5.41) is 11.2. The highest BCUT2D eigenvalue weighted by Crippen LogP contribution is 2.36. The van der Waals surface area contributed by atoms with E-state index in [2.05, 4.69) is 54.5 Å². The minimum absolute atomic E-state index is 0.239. The second kappa shape index (κ2) is 9.94. The van der Waals surface area contributed by atoms with Crippen LogP contribution in [0.3, 0.4) is 0 Å². The maximum atomic E-state index is 16.1. The van der Waals surface area contributed by atoms with E-state index >= 15 is 4.39 Å². The quantitative estimate of drug-likeness (QED) is 0.217. The van der Waals surface area contributed by atoms with Gasteiger partial charge in [-0.05, 0) is 56.0 Å². The normalized spacial score (nSPS) is 14.2. The SMILES string of the molecule is Cc1ccc(-c2cncc3[nH]c(-c4n[nH]c5cnc(-c6cncc(CNCC7CCCC7)c6)c(F)c45)nc23)s1. The van der Waals surface area contributed by atoms with Gasteiger partial charge in [-0.15, -0.1) is 11.3 Å². The summed E-state index contributed by atoms with van der Waals surface area (Å²) in [4.78, 5) is 23.6. The molecule has 39 heavy (non-hydrogen) atoms. The minimum atomic E-state index is -0.457. The average Bonchev–Trinajstić information content (AvgIpc) is 3.75. The number of thiophene rings is 1. The summed E-state index contributed by atoms with van der Waals surface area (Å²) in [5.74, 6) is 0.765. The second-order valence-electron chi connectivity index (χ2n) is 10.2. The molecule has 0 bridgehead atoms. The maximum Gasteiger partial charge on any atom is 0.161 e. The van der Waals surface area contributed by atoms with E-state index in [1.807, 2.05) is 18.5 Å². The first-order valence-electron chi connectivity index (χ1n) is 13.2. The molecule has 7 rings (SSSR count). The Bertz CT molecular complexity index is 1800. The predicted molar refractivity (Wildman–Crippen MR) is 152 cm³/mol. The lowest BCUT2D eigenvalue weighted by Crippen LogP contribution is -2.20. The van der Waals surface area contributed by atoms with Gasteiger partial charge in [0, 0.05) is 46.0 Å². The zero-order valence-corrected chi connectivity index (χ0v) is 22.3. The van der Waals surface area contributed by atoms with E-state index in [-0.39, 0.29) is 5.69 Å². The van der Waals surface area contributed by atoms with Gasteiger partial charge < -0.3 is 10.3 Å². The molecule has 0 aliphatic heterocycles. The highest BCUT2D eigenvalue weighted by atomic mass is 32.1. The van der Waals surface area contributed by atoms with Crippen molar-refractivity contribution < 1.29 is 4.39 Å². The molecule has 6 aromatic heterocycles. The molecular weight excluding hydrogens is 511 g/mol. The Kier molecular flexibility index (Phi) is 6.13. The summed E-state index contributed by atoms with van der Waals surface area (Å²) < 4.78 is 16.1. The van der Waals surface area contributed by atoms with E-state index in [1.165, 1.54) is 30.6 Å². The van der Waals surface area contributed by atoms with Crippen LogP contribution >= 0.6 is 11.3 Å². The maximum absolute atomic E-state index is 16.1. The van der Waals surface area contributed by atoms with Crippen molar-refractivity contribution >= 4 is 33.3 Å². The van der Waals surface area contributed by atoms with E-state index in [1.54, 1.807) is 29.9 Å². The van der Waals surface area contributed by atoms with Crippen LogP contribution in [0.5, 0.6) is 0 Å². The number of imidazole rings is 1. The minimum Gasteiger partial charge on any atom is -0.335 e. The number of H-pyrrole nitrogens is 2. The Morgan fingerprint density at radius 2 is 1.90 bits per heavy atom. The monoisotopic (exact) mass is 538 g/mol. The van der Waals surface area contributed by atoms with Gasteiger partial charge in [0.1, 0.15) is 16.9 Å². The van der Waals surface area contributed by atoms with Crippen LogP contribution in [0, 0.1) is 18.7 Å². The van der Waals surface area contributed by atoms with Crippen molar-refractivity contribution in [1.29, 1.82) is 0 Å². The van der Waals surface area contributed by atoms with Crippen molar-refractivity contribution in [2.24, 2.45) is 5.92 Å². The van der Waals surface area contributed by atoms with Gasteiger partial charge in [0.25, 0.3) is 0 Å². The van der Waals surface area contributed by atoms with Crippen LogP contribution in [0.15, 0.2) is 49.2 Å². The summed E-state index contributed by atoms with van der Waals surface area (Å²) >= 11 is 1.68. The first-order chi connectivity index (χ1) is 19.1. The third-order valence-corrected chi connectivity index (χ3v) is 8.51. The molecule has 0 aromatic carbocycles. The van der Waals surface area contributed by atoms with E-state index in [0.717, 1.165) is 39.5 Å². The summed E-state index contributed by atoms with van der Waals surface area (Å²) in [6, 6.07) is 6.10. The van der Waals surface area contributed by atoms with Crippen molar-refractivity contribution in [3.8, 4) is 33.2 Å². The molecule has 1 fully saturated rings. The summed E-state index contributed by atoms with van der Waals surface area (Å²) in [7, 11) is 0. The number of nitrogens with zero attached hydrogens (tertiary/aromatic N) is 5. The van der Waals surface area contributed by atoms with Crippen molar-refractivity contribution in [3.05, 3.63) is 65.4 Å². The first-order valence-corrected chi connectivity index (χ1v) is 14.0. The molecule has 0 unspecified atom stereocenters. The number of halogens is 1. The number of fused-ring (bicyclic) bond motifs is 2. The number of pyridine rings is 3.